The van der Waals surface area contributed by atoms with Crippen molar-refractivity contribution in [2.24, 2.45) is 7.05 Å². The number of rotatable bonds is 4. The van der Waals surface area contributed by atoms with Gasteiger partial charge >= 0.3 is 0 Å². The molecule has 0 atom stereocenters. The van der Waals surface area contributed by atoms with E-state index in [1.807, 2.05) is 54.1 Å². The van der Waals surface area contributed by atoms with Gasteiger partial charge in [-0.15, -0.1) is 0 Å². The summed E-state index contributed by atoms with van der Waals surface area (Å²) in [6, 6.07) is 18.2. The summed E-state index contributed by atoms with van der Waals surface area (Å²) in [5.41, 5.74) is 3.77. The maximum absolute atomic E-state index is 7.80. The fourth-order valence-electron chi connectivity index (χ4n) is 2.52. The molecule has 1 heterocycles. The third-order valence-corrected chi connectivity index (χ3v) is 3.65. The molecule has 0 aliphatic carbocycles. The SMILES string of the molecule is CC(=N)c1cc2cc(OCc3ccccc3)ccc2n1C. The number of hydrogen-bond acceptors (Lipinski definition) is 2. The third kappa shape index (κ3) is 2.68. The van der Waals surface area contributed by atoms with Crippen LogP contribution in [0.25, 0.3) is 10.9 Å². The second kappa shape index (κ2) is 5.44. The van der Waals surface area contributed by atoms with Crippen LogP contribution in [0.1, 0.15) is 18.2 Å². The molecule has 21 heavy (non-hydrogen) atoms. The maximum atomic E-state index is 7.80. The first kappa shape index (κ1) is 13.4. The normalized spacial score (nSPS) is 10.8. The number of aromatic nitrogens is 1. The van der Waals surface area contributed by atoms with Crippen molar-refractivity contribution in [3.8, 4) is 5.75 Å². The first-order chi connectivity index (χ1) is 10.1. The van der Waals surface area contributed by atoms with Crippen molar-refractivity contribution in [3.63, 3.8) is 0 Å². The van der Waals surface area contributed by atoms with Gasteiger partial charge in [-0.3, -0.25) is 0 Å². The summed E-state index contributed by atoms with van der Waals surface area (Å²) in [5.74, 6) is 0.853. The molecule has 2 aromatic carbocycles. The van der Waals surface area contributed by atoms with Crippen LogP contribution in [-0.4, -0.2) is 10.3 Å². The Morgan fingerprint density at radius 3 is 2.57 bits per heavy atom. The lowest BCUT2D eigenvalue weighted by molar-refractivity contribution is 0.306. The van der Waals surface area contributed by atoms with E-state index in [2.05, 4.69) is 12.1 Å². The van der Waals surface area contributed by atoms with Crippen LogP contribution >= 0.6 is 0 Å². The molecular weight excluding hydrogens is 260 g/mol. The van der Waals surface area contributed by atoms with Crippen molar-refractivity contribution in [3.05, 3.63) is 65.9 Å². The van der Waals surface area contributed by atoms with E-state index in [0.29, 0.717) is 12.3 Å². The molecule has 1 aromatic heterocycles. The molecule has 0 aliphatic heterocycles. The van der Waals surface area contributed by atoms with Crippen LogP contribution in [0.2, 0.25) is 0 Å². The molecule has 0 saturated heterocycles. The Morgan fingerprint density at radius 1 is 1.10 bits per heavy atom. The topological polar surface area (TPSA) is 38.0 Å². The molecule has 3 nitrogen and oxygen atoms in total. The van der Waals surface area contributed by atoms with E-state index in [1.165, 1.54) is 0 Å². The van der Waals surface area contributed by atoms with Gasteiger partial charge in [0.25, 0.3) is 0 Å². The highest BCUT2D eigenvalue weighted by molar-refractivity contribution is 6.00. The van der Waals surface area contributed by atoms with Crippen molar-refractivity contribution in [2.75, 3.05) is 0 Å². The summed E-state index contributed by atoms with van der Waals surface area (Å²) in [6.07, 6.45) is 0. The van der Waals surface area contributed by atoms with Gasteiger partial charge in [-0.1, -0.05) is 30.3 Å². The minimum Gasteiger partial charge on any atom is -0.489 e. The van der Waals surface area contributed by atoms with Gasteiger partial charge in [0, 0.05) is 18.0 Å². The largest absolute Gasteiger partial charge is 0.489 e. The number of hydrogen-bond donors (Lipinski definition) is 1. The molecular formula is C18H18N2O. The lowest BCUT2D eigenvalue weighted by atomic mass is 10.2. The zero-order valence-corrected chi connectivity index (χ0v) is 12.3. The second-order valence-corrected chi connectivity index (χ2v) is 5.21. The van der Waals surface area contributed by atoms with E-state index in [-0.39, 0.29) is 0 Å². The van der Waals surface area contributed by atoms with Gasteiger partial charge < -0.3 is 14.7 Å². The molecule has 3 rings (SSSR count). The van der Waals surface area contributed by atoms with Crippen LogP contribution in [-0.2, 0) is 13.7 Å². The van der Waals surface area contributed by atoms with Crippen LogP contribution in [0.15, 0.2) is 54.6 Å². The second-order valence-electron chi connectivity index (χ2n) is 5.21. The van der Waals surface area contributed by atoms with Crippen LogP contribution in [0.5, 0.6) is 5.75 Å². The minimum absolute atomic E-state index is 0.565. The molecule has 3 heteroatoms. The van der Waals surface area contributed by atoms with Gasteiger partial charge in [0.05, 0.1) is 11.4 Å². The predicted molar refractivity (Wildman–Crippen MR) is 86.2 cm³/mol. The van der Waals surface area contributed by atoms with Gasteiger partial charge in [-0.25, -0.2) is 0 Å². The van der Waals surface area contributed by atoms with E-state index in [9.17, 15) is 0 Å². The fraction of sp³-hybridized carbons (Fsp3) is 0.167. The summed E-state index contributed by atoms with van der Waals surface area (Å²) in [7, 11) is 1.99. The quantitative estimate of drug-likeness (QED) is 0.715. The molecule has 0 unspecified atom stereocenters. The summed E-state index contributed by atoms with van der Waals surface area (Å²) < 4.78 is 7.89. The van der Waals surface area contributed by atoms with Gasteiger partial charge in [0.15, 0.2) is 0 Å². The van der Waals surface area contributed by atoms with Crippen molar-refractivity contribution in [2.45, 2.75) is 13.5 Å². The Labute approximate surface area is 124 Å². The molecule has 0 aliphatic rings. The van der Waals surface area contributed by atoms with Gasteiger partial charge in [0.2, 0.25) is 0 Å². The Hall–Kier alpha value is -2.55. The molecule has 3 aromatic rings. The Morgan fingerprint density at radius 2 is 1.86 bits per heavy atom. The number of aryl methyl sites for hydroxylation is 1. The lowest BCUT2D eigenvalue weighted by Gasteiger charge is -2.07. The zero-order chi connectivity index (χ0) is 14.8. The van der Waals surface area contributed by atoms with Gasteiger partial charge in [0.1, 0.15) is 12.4 Å². The molecule has 0 bridgehead atoms. The highest BCUT2D eigenvalue weighted by Gasteiger charge is 2.08. The molecule has 0 fully saturated rings. The minimum atomic E-state index is 0.565. The first-order valence-electron chi connectivity index (χ1n) is 6.97. The van der Waals surface area contributed by atoms with Crippen molar-refractivity contribution in [1.29, 1.82) is 5.41 Å². The molecule has 106 valence electrons. The third-order valence-electron chi connectivity index (χ3n) is 3.65. The number of benzene rings is 2. The van der Waals surface area contributed by atoms with Gasteiger partial charge in [-0.05, 0) is 36.8 Å². The Balaban J connectivity index is 1.86. The molecule has 1 N–H and O–H groups in total. The number of nitrogens with one attached hydrogen (secondary N) is 1. The van der Waals surface area contributed by atoms with E-state index in [1.54, 1.807) is 6.92 Å². The molecule has 0 amide bonds. The maximum Gasteiger partial charge on any atom is 0.120 e. The zero-order valence-electron chi connectivity index (χ0n) is 12.3. The summed E-state index contributed by atoms with van der Waals surface area (Å²) in [5, 5.41) is 8.91. The summed E-state index contributed by atoms with van der Waals surface area (Å²) in [4.78, 5) is 0. The highest BCUT2D eigenvalue weighted by atomic mass is 16.5. The molecule has 0 spiro atoms. The number of nitrogens with zero attached hydrogens (tertiary/aromatic N) is 1. The van der Waals surface area contributed by atoms with E-state index in [0.717, 1.165) is 27.9 Å². The lowest BCUT2D eigenvalue weighted by Crippen LogP contribution is -2.00. The number of ether oxygens (including phenoxy) is 1. The molecule has 0 radical (unpaired) electrons. The summed E-state index contributed by atoms with van der Waals surface area (Å²) >= 11 is 0. The summed E-state index contributed by atoms with van der Waals surface area (Å²) in [6.45, 7) is 2.37. The fourth-order valence-corrected chi connectivity index (χ4v) is 2.52. The number of fused-ring (bicyclic) bond motifs is 1. The van der Waals surface area contributed by atoms with Crippen LogP contribution in [0, 0.1) is 5.41 Å². The first-order valence-corrected chi connectivity index (χ1v) is 6.97. The molecule has 0 saturated carbocycles. The predicted octanol–water partition coefficient (Wildman–Crippen LogP) is 4.15. The van der Waals surface area contributed by atoms with Crippen LogP contribution in [0.3, 0.4) is 0 Å². The van der Waals surface area contributed by atoms with E-state index in [4.69, 9.17) is 10.1 Å². The Bertz CT molecular complexity index is 788. The smallest absolute Gasteiger partial charge is 0.120 e. The van der Waals surface area contributed by atoms with Gasteiger partial charge in [-0.2, -0.15) is 0 Å². The average molecular weight is 278 g/mol. The average Bonchev–Trinajstić information content (AvgIpc) is 2.83. The van der Waals surface area contributed by atoms with Crippen LogP contribution in [0.4, 0.5) is 0 Å². The van der Waals surface area contributed by atoms with Crippen molar-refractivity contribution in [1.82, 2.24) is 4.57 Å². The highest BCUT2D eigenvalue weighted by Crippen LogP contribution is 2.24. The van der Waals surface area contributed by atoms with Crippen molar-refractivity contribution >= 4 is 16.6 Å². The van der Waals surface area contributed by atoms with E-state index < -0.39 is 0 Å². The van der Waals surface area contributed by atoms with Crippen LogP contribution < -0.4 is 4.74 Å². The monoisotopic (exact) mass is 278 g/mol. The van der Waals surface area contributed by atoms with Crippen molar-refractivity contribution < 1.29 is 4.74 Å². The Kier molecular flexibility index (Phi) is 3.48. The standard InChI is InChI=1S/C18H18N2O/c1-13(19)18-11-15-10-16(8-9-17(15)20(18)2)21-12-14-6-4-3-5-7-14/h3-11,19H,12H2,1-2H3. The van der Waals surface area contributed by atoms with E-state index >= 15 is 0 Å².